The molecule has 0 aliphatic rings. The van der Waals surface area contributed by atoms with Gasteiger partial charge in [-0.05, 0) is 34.1 Å². The molecule has 1 aromatic heterocycles. The van der Waals surface area contributed by atoms with E-state index in [9.17, 15) is 13.2 Å². The minimum atomic E-state index is -4.61. The van der Waals surface area contributed by atoms with Gasteiger partial charge in [0.15, 0.2) is 0 Å². The van der Waals surface area contributed by atoms with Gasteiger partial charge in [-0.2, -0.15) is 18.4 Å². The van der Waals surface area contributed by atoms with Crippen LogP contribution in [0, 0.1) is 11.3 Å². The van der Waals surface area contributed by atoms with Crippen molar-refractivity contribution in [1.29, 1.82) is 5.26 Å². The smallest absolute Gasteiger partial charge is 0.420 e. The van der Waals surface area contributed by atoms with Crippen molar-refractivity contribution in [2.75, 3.05) is 0 Å². The molecule has 0 atom stereocenters. The molecule has 0 N–H and O–H groups in total. The lowest BCUT2D eigenvalue weighted by Crippen LogP contribution is -2.07. The lowest BCUT2D eigenvalue weighted by atomic mass is 10.1. The largest absolute Gasteiger partial charge is 0.455 e. The van der Waals surface area contributed by atoms with Crippen LogP contribution >= 0.6 is 15.9 Å². The van der Waals surface area contributed by atoms with Gasteiger partial charge >= 0.3 is 6.18 Å². The molecule has 0 saturated carbocycles. The predicted molar refractivity (Wildman–Crippen MR) is 68.2 cm³/mol. The van der Waals surface area contributed by atoms with Crippen LogP contribution in [0.25, 0.3) is 0 Å². The Morgan fingerprint density at radius 3 is 2.55 bits per heavy atom. The number of nitriles is 1. The van der Waals surface area contributed by atoms with Crippen molar-refractivity contribution in [3.05, 3.63) is 52.3 Å². The van der Waals surface area contributed by atoms with Gasteiger partial charge in [0.25, 0.3) is 0 Å². The monoisotopic (exact) mass is 342 g/mol. The molecule has 0 fully saturated rings. The summed E-state index contributed by atoms with van der Waals surface area (Å²) in [5, 5.41) is 8.68. The van der Waals surface area contributed by atoms with E-state index in [0.29, 0.717) is 4.47 Å². The van der Waals surface area contributed by atoms with Crippen molar-refractivity contribution in [2.45, 2.75) is 6.18 Å². The van der Waals surface area contributed by atoms with Gasteiger partial charge in [-0.3, -0.25) is 4.98 Å². The topological polar surface area (TPSA) is 45.9 Å². The van der Waals surface area contributed by atoms with Gasteiger partial charge in [-0.1, -0.05) is 0 Å². The molecule has 7 heteroatoms. The van der Waals surface area contributed by atoms with E-state index < -0.39 is 11.7 Å². The summed E-state index contributed by atoms with van der Waals surface area (Å²) in [5.41, 5.74) is -1.08. The van der Waals surface area contributed by atoms with E-state index in [0.717, 1.165) is 12.1 Å². The summed E-state index contributed by atoms with van der Waals surface area (Å²) in [6.45, 7) is 0. The zero-order chi connectivity index (χ0) is 14.8. The highest BCUT2D eigenvalue weighted by molar-refractivity contribution is 9.10. The maximum Gasteiger partial charge on any atom is 0.420 e. The lowest BCUT2D eigenvalue weighted by Gasteiger charge is -2.14. The molecule has 0 amide bonds. The summed E-state index contributed by atoms with van der Waals surface area (Å²) in [5.74, 6) is -0.168. The zero-order valence-corrected chi connectivity index (χ0v) is 11.4. The molecular weight excluding hydrogens is 337 g/mol. The Labute approximate surface area is 120 Å². The first-order chi connectivity index (χ1) is 9.41. The molecule has 0 aliphatic heterocycles. The minimum Gasteiger partial charge on any atom is -0.455 e. The zero-order valence-electron chi connectivity index (χ0n) is 9.78. The number of pyridine rings is 1. The number of nitrogens with zero attached hydrogens (tertiary/aromatic N) is 2. The van der Waals surface area contributed by atoms with Crippen LogP contribution in [0.15, 0.2) is 41.1 Å². The van der Waals surface area contributed by atoms with E-state index >= 15 is 0 Å². The Morgan fingerprint density at radius 1 is 1.20 bits per heavy atom. The van der Waals surface area contributed by atoms with Crippen LogP contribution in [-0.2, 0) is 6.18 Å². The van der Waals surface area contributed by atoms with Gasteiger partial charge < -0.3 is 4.74 Å². The fourth-order valence-electron chi connectivity index (χ4n) is 1.47. The first-order valence-corrected chi connectivity index (χ1v) is 6.10. The quantitative estimate of drug-likeness (QED) is 0.805. The minimum absolute atomic E-state index is 0.0848. The number of aromatic nitrogens is 1. The summed E-state index contributed by atoms with van der Waals surface area (Å²) in [6, 6.07) is 6.24. The lowest BCUT2D eigenvalue weighted by molar-refractivity contribution is -0.138. The van der Waals surface area contributed by atoms with Crippen LogP contribution in [0.3, 0.4) is 0 Å². The summed E-state index contributed by atoms with van der Waals surface area (Å²) in [4.78, 5) is 3.79. The van der Waals surface area contributed by atoms with E-state index in [2.05, 4.69) is 20.9 Å². The molecule has 2 aromatic rings. The van der Waals surface area contributed by atoms with E-state index in [1.807, 2.05) is 0 Å². The molecule has 20 heavy (non-hydrogen) atoms. The average molecular weight is 343 g/mol. The average Bonchev–Trinajstić information content (AvgIpc) is 2.40. The Morgan fingerprint density at radius 2 is 1.95 bits per heavy atom. The molecular formula is C13H6BrF3N2O. The van der Waals surface area contributed by atoms with Gasteiger partial charge in [0, 0.05) is 18.5 Å². The summed E-state index contributed by atoms with van der Waals surface area (Å²) in [7, 11) is 0. The van der Waals surface area contributed by atoms with Gasteiger partial charge in [0.1, 0.15) is 11.5 Å². The number of alkyl halides is 3. The van der Waals surface area contributed by atoms with E-state index in [4.69, 9.17) is 10.00 Å². The maximum absolute atomic E-state index is 13.0. The van der Waals surface area contributed by atoms with Gasteiger partial charge in [-0.25, -0.2) is 0 Å². The van der Waals surface area contributed by atoms with Crippen LogP contribution in [0.5, 0.6) is 11.5 Å². The Kier molecular flexibility index (Phi) is 3.95. The number of hydrogen-bond donors (Lipinski definition) is 0. The molecule has 0 unspecified atom stereocenters. The molecule has 0 saturated heterocycles. The SMILES string of the molecule is N#Cc1ccc(Oc2ccncc2Br)c(C(F)(F)F)c1. The third-order valence-corrected chi connectivity index (χ3v) is 2.96. The fourth-order valence-corrected chi connectivity index (χ4v) is 1.81. The second-order valence-electron chi connectivity index (χ2n) is 3.73. The Hall–Kier alpha value is -2.07. The van der Waals surface area contributed by atoms with Crippen molar-refractivity contribution in [3.63, 3.8) is 0 Å². The summed E-state index contributed by atoms with van der Waals surface area (Å²) >= 11 is 3.14. The number of hydrogen-bond acceptors (Lipinski definition) is 3. The molecule has 1 aromatic carbocycles. The third-order valence-electron chi connectivity index (χ3n) is 2.37. The molecule has 0 spiro atoms. The second kappa shape index (κ2) is 5.51. The van der Waals surface area contributed by atoms with Crippen LogP contribution in [0.4, 0.5) is 13.2 Å². The highest BCUT2D eigenvalue weighted by atomic mass is 79.9. The third kappa shape index (κ3) is 3.08. The van der Waals surface area contributed by atoms with Crippen molar-refractivity contribution in [2.24, 2.45) is 0 Å². The molecule has 3 nitrogen and oxygen atoms in total. The first-order valence-electron chi connectivity index (χ1n) is 5.30. The summed E-state index contributed by atoms with van der Waals surface area (Å²) in [6.07, 6.45) is -1.80. The number of rotatable bonds is 2. The van der Waals surface area contributed by atoms with Crippen LogP contribution in [0.2, 0.25) is 0 Å². The molecule has 0 bridgehead atoms. The second-order valence-corrected chi connectivity index (χ2v) is 4.58. The molecule has 2 rings (SSSR count). The predicted octanol–water partition coefficient (Wildman–Crippen LogP) is 4.53. The van der Waals surface area contributed by atoms with Crippen molar-refractivity contribution < 1.29 is 17.9 Å². The van der Waals surface area contributed by atoms with Gasteiger partial charge in [-0.15, -0.1) is 0 Å². The standard InChI is InChI=1S/C13H6BrF3N2O/c14-10-7-19-4-3-12(10)20-11-2-1-8(6-18)5-9(11)13(15,16)17/h1-5,7H. The highest BCUT2D eigenvalue weighted by Crippen LogP contribution is 2.39. The van der Waals surface area contributed by atoms with Gasteiger partial charge in [0.2, 0.25) is 0 Å². The number of ether oxygens (including phenoxy) is 1. The van der Waals surface area contributed by atoms with E-state index in [1.54, 1.807) is 6.07 Å². The highest BCUT2D eigenvalue weighted by Gasteiger charge is 2.35. The van der Waals surface area contributed by atoms with E-state index in [1.165, 1.54) is 24.5 Å². The normalized spacial score (nSPS) is 10.9. The summed E-state index contributed by atoms with van der Waals surface area (Å²) < 4.78 is 44.5. The van der Waals surface area contributed by atoms with Crippen LogP contribution in [0.1, 0.15) is 11.1 Å². The van der Waals surface area contributed by atoms with Crippen LogP contribution in [-0.4, -0.2) is 4.98 Å². The number of halogens is 4. The van der Waals surface area contributed by atoms with Crippen molar-refractivity contribution in [1.82, 2.24) is 4.98 Å². The Bertz CT molecular complexity index is 680. The van der Waals surface area contributed by atoms with Crippen molar-refractivity contribution in [3.8, 4) is 17.6 Å². The Balaban J connectivity index is 2.47. The maximum atomic E-state index is 13.0. The van der Waals surface area contributed by atoms with Crippen LogP contribution < -0.4 is 4.74 Å². The number of benzene rings is 1. The molecule has 1 heterocycles. The first kappa shape index (κ1) is 14.3. The molecule has 0 aliphatic carbocycles. The molecule has 102 valence electrons. The van der Waals surface area contributed by atoms with Crippen molar-refractivity contribution >= 4 is 15.9 Å². The molecule has 0 radical (unpaired) electrons. The van der Waals surface area contributed by atoms with E-state index in [-0.39, 0.29) is 17.1 Å². The van der Waals surface area contributed by atoms with Gasteiger partial charge in [0.05, 0.1) is 21.7 Å². The fraction of sp³-hybridized carbons (Fsp3) is 0.0769.